The molecule has 0 spiro atoms. The van der Waals surface area contributed by atoms with E-state index in [1.807, 2.05) is 6.07 Å². The molecule has 1 aromatic rings. The van der Waals surface area contributed by atoms with E-state index in [1.54, 1.807) is 24.3 Å². The van der Waals surface area contributed by atoms with Gasteiger partial charge in [0.05, 0.1) is 13.2 Å². The van der Waals surface area contributed by atoms with Gasteiger partial charge in [-0.15, -0.1) is 0 Å². The van der Waals surface area contributed by atoms with Crippen LogP contribution in [0.5, 0.6) is 0 Å². The molecule has 0 saturated carbocycles. The largest absolute Gasteiger partial charge is 0.445 e. The van der Waals surface area contributed by atoms with Gasteiger partial charge in [-0.3, -0.25) is 19.2 Å². The molecule has 0 aromatic heterocycles. The molecular weight excluding hydrogens is 843 g/mol. The zero-order valence-electron chi connectivity index (χ0n) is 40.7. The van der Waals surface area contributed by atoms with Crippen LogP contribution in [0.2, 0.25) is 0 Å². The van der Waals surface area contributed by atoms with Gasteiger partial charge in [0.25, 0.3) is 0 Å². The molecule has 1 aliphatic rings. The van der Waals surface area contributed by atoms with Gasteiger partial charge in [0.1, 0.15) is 37.0 Å². The molecule has 15 heteroatoms. The van der Waals surface area contributed by atoms with Gasteiger partial charge in [-0.1, -0.05) is 192 Å². The third-order valence-electron chi connectivity index (χ3n) is 12.5. The molecule has 1 aliphatic heterocycles. The zero-order valence-corrected chi connectivity index (χ0v) is 40.7. The standard InChI is InChI=1S/C51H89N5O10/c1-3-5-7-9-11-13-14-15-16-17-18-19-21-23-25-30-36-56(45(60)33-29-24-22-20-12-10-8-6-4-2)50-46(48(62)47(61)42(38-57)66-50)55-44(59)37-53-49(63)41(34-35-43(52)58)54-51(64)65-39-40-31-27-26-28-32-40/h26-28,31-32,41-42,46-48,50,57,61-62H,3-25,29-30,33-39H2,1-2H3,(H2,52,58)(H,53,63)(H,54,64)(H,55,59)/t41-,42+,46+,47+,48+,50+/m0/s1. The molecule has 5 amide bonds. The fourth-order valence-electron chi connectivity index (χ4n) is 8.46. The summed E-state index contributed by atoms with van der Waals surface area (Å²) in [5.74, 6) is -2.47. The first-order valence-corrected chi connectivity index (χ1v) is 25.8. The van der Waals surface area contributed by atoms with Gasteiger partial charge in [-0.05, 0) is 24.8 Å². The summed E-state index contributed by atoms with van der Waals surface area (Å²) in [4.78, 5) is 66.5. The number of aliphatic hydroxyl groups excluding tert-OH is 3. The highest BCUT2D eigenvalue weighted by atomic mass is 16.6. The maximum atomic E-state index is 14.1. The number of hydrogen-bond acceptors (Lipinski definition) is 10. The summed E-state index contributed by atoms with van der Waals surface area (Å²) in [6.07, 6.45) is 22.3. The van der Waals surface area contributed by atoms with Crippen LogP contribution in [0.3, 0.4) is 0 Å². The van der Waals surface area contributed by atoms with Crippen LogP contribution < -0.4 is 21.7 Å². The number of benzene rings is 1. The molecule has 1 aromatic carbocycles. The van der Waals surface area contributed by atoms with E-state index in [-0.39, 0.29) is 38.3 Å². The van der Waals surface area contributed by atoms with Crippen molar-refractivity contribution in [2.24, 2.45) is 5.73 Å². The number of nitrogens with one attached hydrogen (secondary N) is 3. The van der Waals surface area contributed by atoms with E-state index in [1.165, 1.54) is 108 Å². The first-order chi connectivity index (χ1) is 32.0. The average molecular weight is 932 g/mol. The lowest BCUT2D eigenvalue weighted by molar-refractivity contribution is -0.231. The van der Waals surface area contributed by atoms with Gasteiger partial charge >= 0.3 is 6.09 Å². The van der Waals surface area contributed by atoms with Crippen molar-refractivity contribution in [1.82, 2.24) is 20.9 Å². The Morgan fingerprint density at radius 1 is 0.697 bits per heavy atom. The maximum Gasteiger partial charge on any atom is 0.408 e. The Labute approximate surface area is 396 Å². The molecule has 15 nitrogen and oxygen atoms in total. The molecule has 0 radical (unpaired) electrons. The second kappa shape index (κ2) is 37.2. The highest BCUT2D eigenvalue weighted by Gasteiger charge is 2.48. The Morgan fingerprint density at radius 2 is 1.20 bits per heavy atom. The number of nitrogens with two attached hydrogens (primary N) is 1. The van der Waals surface area contributed by atoms with Gasteiger partial charge in [0.2, 0.25) is 23.6 Å². The minimum Gasteiger partial charge on any atom is -0.445 e. The quantitative estimate of drug-likeness (QED) is 0.0320. The van der Waals surface area contributed by atoms with Crippen molar-refractivity contribution >= 4 is 29.7 Å². The minimum atomic E-state index is -1.63. The van der Waals surface area contributed by atoms with E-state index in [4.69, 9.17) is 15.2 Å². The average Bonchev–Trinajstić information content (AvgIpc) is 3.31. The second-order valence-electron chi connectivity index (χ2n) is 18.3. The van der Waals surface area contributed by atoms with Crippen molar-refractivity contribution in [3.63, 3.8) is 0 Å². The zero-order chi connectivity index (χ0) is 48.2. The van der Waals surface area contributed by atoms with Crippen LogP contribution in [0.25, 0.3) is 0 Å². The predicted molar refractivity (Wildman–Crippen MR) is 258 cm³/mol. The van der Waals surface area contributed by atoms with Crippen LogP contribution in [0.4, 0.5) is 4.79 Å². The number of unbranched alkanes of at least 4 members (excludes halogenated alkanes) is 23. The monoisotopic (exact) mass is 932 g/mol. The molecule has 1 saturated heterocycles. The Kier molecular flexibility index (Phi) is 32.9. The Hall–Kier alpha value is -3.79. The van der Waals surface area contributed by atoms with Crippen LogP contribution in [0, 0.1) is 0 Å². The van der Waals surface area contributed by atoms with Crippen LogP contribution in [-0.2, 0) is 35.3 Å². The summed E-state index contributed by atoms with van der Waals surface area (Å²) >= 11 is 0. The predicted octanol–water partition coefficient (Wildman–Crippen LogP) is 7.60. The topological polar surface area (TPSA) is 230 Å². The van der Waals surface area contributed by atoms with Gasteiger partial charge in [0.15, 0.2) is 6.23 Å². The SMILES string of the molecule is CCCCCCCCCCCCCCCCCCN(C(=O)CCCCCCCCCCC)[C@@H]1O[C@H](CO)[C@@H](O)[C@H](O)[C@H]1NC(=O)CNC(=O)[C@H](CCC(N)=O)NC(=O)OCc1ccccc1. The number of amides is 5. The lowest BCUT2D eigenvalue weighted by atomic mass is 9.94. The van der Waals surface area contributed by atoms with E-state index in [0.717, 1.165) is 50.5 Å². The number of hydrogen-bond donors (Lipinski definition) is 7. The van der Waals surface area contributed by atoms with Gasteiger partial charge in [-0.2, -0.15) is 0 Å². The molecule has 1 fully saturated rings. The van der Waals surface area contributed by atoms with E-state index >= 15 is 0 Å². The number of alkyl carbamates (subject to hydrolysis) is 1. The number of ether oxygens (including phenoxy) is 2. The highest BCUT2D eigenvalue weighted by molar-refractivity contribution is 5.90. The third kappa shape index (κ3) is 25.9. The summed E-state index contributed by atoms with van der Waals surface area (Å²) in [5, 5.41) is 40.0. The normalized spacial score (nSPS) is 18.6. The van der Waals surface area contributed by atoms with Crippen molar-refractivity contribution in [3.05, 3.63) is 35.9 Å². The summed E-state index contributed by atoms with van der Waals surface area (Å²) in [6.45, 7) is 3.43. The van der Waals surface area contributed by atoms with E-state index in [9.17, 15) is 39.3 Å². The molecule has 66 heavy (non-hydrogen) atoms. The van der Waals surface area contributed by atoms with Crippen molar-refractivity contribution < 1.29 is 48.8 Å². The smallest absolute Gasteiger partial charge is 0.408 e. The number of aliphatic hydroxyl groups is 3. The lowest BCUT2D eigenvalue weighted by Crippen LogP contribution is -2.69. The summed E-state index contributed by atoms with van der Waals surface area (Å²) in [6, 6.07) is 6.33. The van der Waals surface area contributed by atoms with Crippen LogP contribution in [0.15, 0.2) is 30.3 Å². The van der Waals surface area contributed by atoms with Crippen LogP contribution in [0.1, 0.15) is 199 Å². The lowest BCUT2D eigenvalue weighted by Gasteiger charge is -2.47. The van der Waals surface area contributed by atoms with Crippen LogP contribution >= 0.6 is 0 Å². The number of nitrogens with zero attached hydrogens (tertiary/aromatic N) is 1. The van der Waals surface area contributed by atoms with Crippen molar-refractivity contribution in [2.45, 2.75) is 237 Å². The summed E-state index contributed by atoms with van der Waals surface area (Å²) in [5.41, 5.74) is 6.04. The van der Waals surface area contributed by atoms with Crippen molar-refractivity contribution in [1.29, 1.82) is 0 Å². The molecule has 0 bridgehead atoms. The second-order valence-corrected chi connectivity index (χ2v) is 18.3. The van der Waals surface area contributed by atoms with Crippen LogP contribution in [-0.4, -0.2) is 106 Å². The van der Waals surface area contributed by atoms with Gasteiger partial charge in [0, 0.05) is 19.4 Å². The Bertz CT molecular complexity index is 1450. The van der Waals surface area contributed by atoms with Gasteiger partial charge < -0.3 is 51.4 Å². The van der Waals surface area contributed by atoms with Crippen molar-refractivity contribution in [3.8, 4) is 0 Å². The fourth-order valence-corrected chi connectivity index (χ4v) is 8.46. The summed E-state index contributed by atoms with van der Waals surface area (Å²) in [7, 11) is 0. The first-order valence-electron chi connectivity index (χ1n) is 25.8. The molecule has 6 atom stereocenters. The number of carbonyl (C=O) groups excluding carboxylic acids is 5. The molecule has 1 heterocycles. The van der Waals surface area contributed by atoms with Gasteiger partial charge in [-0.25, -0.2) is 4.79 Å². The molecule has 0 unspecified atom stereocenters. The molecule has 8 N–H and O–H groups in total. The molecule has 0 aliphatic carbocycles. The molecule has 378 valence electrons. The van der Waals surface area contributed by atoms with E-state index < -0.39 is 73.6 Å². The third-order valence-corrected chi connectivity index (χ3v) is 12.5. The Morgan fingerprint density at radius 3 is 1.70 bits per heavy atom. The van der Waals surface area contributed by atoms with E-state index in [2.05, 4.69) is 29.8 Å². The number of carbonyl (C=O) groups is 5. The fraction of sp³-hybridized carbons (Fsp3) is 0.784. The van der Waals surface area contributed by atoms with E-state index in [0.29, 0.717) is 12.8 Å². The number of primary amides is 1. The first kappa shape index (κ1) is 58.3. The number of rotatable bonds is 39. The Balaban J connectivity index is 2.04. The molecule has 2 rings (SSSR count). The molecular formula is C51H89N5O10. The minimum absolute atomic E-state index is 0.0621. The highest BCUT2D eigenvalue weighted by Crippen LogP contribution is 2.26. The summed E-state index contributed by atoms with van der Waals surface area (Å²) < 4.78 is 11.4. The maximum absolute atomic E-state index is 14.1. The van der Waals surface area contributed by atoms with Crippen molar-refractivity contribution in [2.75, 3.05) is 19.7 Å².